The Balaban J connectivity index is 1.31. The van der Waals surface area contributed by atoms with Crippen molar-refractivity contribution in [1.82, 2.24) is 19.6 Å². The van der Waals surface area contributed by atoms with Crippen LogP contribution >= 0.6 is 0 Å². The van der Waals surface area contributed by atoms with Crippen LogP contribution in [0.5, 0.6) is 0 Å². The van der Waals surface area contributed by atoms with Crippen LogP contribution in [0.3, 0.4) is 0 Å². The zero-order valence-corrected chi connectivity index (χ0v) is 18.3. The fourth-order valence-electron chi connectivity index (χ4n) is 4.47. The molecule has 166 valence electrons. The minimum atomic E-state index is -0.451. The second kappa shape index (κ2) is 9.09. The number of ether oxygens (including phenoxy) is 1. The monoisotopic (exact) mass is 425 g/mol. The first-order valence-corrected chi connectivity index (χ1v) is 11.0. The lowest BCUT2D eigenvalue weighted by Gasteiger charge is -2.25. The van der Waals surface area contributed by atoms with Crippen LogP contribution in [0, 0.1) is 0 Å². The van der Waals surface area contributed by atoms with E-state index in [0.717, 1.165) is 37.9 Å². The number of carbonyl (C=O) groups excluding carboxylic acids is 2. The van der Waals surface area contributed by atoms with Gasteiger partial charge in [-0.05, 0) is 38.8 Å². The summed E-state index contributed by atoms with van der Waals surface area (Å²) in [6.07, 6.45) is 3.91. The molecule has 31 heavy (non-hydrogen) atoms. The van der Waals surface area contributed by atoms with E-state index in [1.807, 2.05) is 50.2 Å². The quantitative estimate of drug-likeness (QED) is 0.768. The van der Waals surface area contributed by atoms with Crippen molar-refractivity contribution >= 4 is 17.8 Å². The smallest absolute Gasteiger partial charge is 0.410 e. The first-order valence-electron chi connectivity index (χ1n) is 11.0. The van der Waals surface area contributed by atoms with Gasteiger partial charge in [0.1, 0.15) is 11.4 Å². The van der Waals surface area contributed by atoms with Crippen LogP contribution in [0.2, 0.25) is 0 Å². The lowest BCUT2D eigenvalue weighted by atomic mass is 9.95. The summed E-state index contributed by atoms with van der Waals surface area (Å²) < 4.78 is 7.68. The molecule has 1 N–H and O–H groups in total. The van der Waals surface area contributed by atoms with E-state index in [0.29, 0.717) is 25.5 Å². The van der Waals surface area contributed by atoms with Crippen molar-refractivity contribution in [2.24, 2.45) is 0 Å². The van der Waals surface area contributed by atoms with Crippen LogP contribution < -0.4 is 5.32 Å². The van der Waals surface area contributed by atoms with Gasteiger partial charge in [-0.2, -0.15) is 5.10 Å². The maximum atomic E-state index is 12.6. The topological polar surface area (TPSA) is 79.7 Å². The number of aromatic nitrogens is 2. The molecule has 2 fully saturated rings. The normalized spacial score (nSPS) is 22.0. The molecule has 8 nitrogen and oxygen atoms in total. The van der Waals surface area contributed by atoms with E-state index < -0.39 is 5.60 Å². The Bertz CT molecular complexity index is 913. The minimum Gasteiger partial charge on any atom is -0.441 e. The Morgan fingerprint density at radius 2 is 2.00 bits per heavy atom. The molecule has 8 heteroatoms. The summed E-state index contributed by atoms with van der Waals surface area (Å²) in [4.78, 5) is 29.0. The van der Waals surface area contributed by atoms with Crippen molar-refractivity contribution in [3.05, 3.63) is 48.2 Å². The fourth-order valence-corrected chi connectivity index (χ4v) is 4.47. The van der Waals surface area contributed by atoms with E-state index in [1.54, 1.807) is 15.8 Å². The summed E-state index contributed by atoms with van der Waals surface area (Å²) in [5.74, 6) is 0.667. The van der Waals surface area contributed by atoms with E-state index >= 15 is 0 Å². The summed E-state index contributed by atoms with van der Waals surface area (Å²) >= 11 is 0. The molecule has 0 bridgehead atoms. The Morgan fingerprint density at radius 3 is 2.77 bits per heavy atom. The fraction of sp³-hybridized carbons (Fsp3) is 0.522. The van der Waals surface area contributed by atoms with Gasteiger partial charge < -0.3 is 10.1 Å². The summed E-state index contributed by atoms with van der Waals surface area (Å²) in [5, 5.41) is 7.23. The van der Waals surface area contributed by atoms with Gasteiger partial charge in [-0.15, -0.1) is 0 Å². The third-order valence-corrected chi connectivity index (χ3v) is 6.04. The number of nitrogens with zero attached hydrogens (tertiary/aromatic N) is 4. The zero-order chi connectivity index (χ0) is 21.8. The highest BCUT2D eigenvalue weighted by molar-refractivity contribution is 5.91. The highest BCUT2D eigenvalue weighted by Gasteiger charge is 2.45. The maximum Gasteiger partial charge on any atom is 0.410 e. The van der Waals surface area contributed by atoms with Crippen LogP contribution in [-0.2, 0) is 16.1 Å². The summed E-state index contributed by atoms with van der Waals surface area (Å²) in [6.45, 7) is 7.09. The number of hydrogen-bond acceptors (Lipinski definition) is 5. The van der Waals surface area contributed by atoms with Crippen molar-refractivity contribution in [2.75, 3.05) is 31.5 Å². The van der Waals surface area contributed by atoms with Gasteiger partial charge >= 0.3 is 6.09 Å². The molecule has 2 aliphatic rings. The van der Waals surface area contributed by atoms with Crippen molar-refractivity contribution in [2.45, 2.75) is 51.3 Å². The maximum absolute atomic E-state index is 12.6. The number of anilines is 1. The van der Waals surface area contributed by atoms with E-state index in [-0.39, 0.29) is 18.0 Å². The third-order valence-electron chi connectivity index (χ3n) is 6.04. The molecule has 0 aliphatic carbocycles. The first-order chi connectivity index (χ1) is 14.9. The Hall–Kier alpha value is -2.87. The molecule has 0 radical (unpaired) electrons. The predicted molar refractivity (Wildman–Crippen MR) is 118 cm³/mol. The lowest BCUT2D eigenvalue weighted by Crippen LogP contribution is -2.38. The number of hydrogen-bond donors (Lipinski definition) is 1. The highest BCUT2D eigenvalue weighted by atomic mass is 16.6. The number of nitrogens with one attached hydrogen (secondary N) is 1. The number of carbonyl (C=O) groups is 2. The van der Waals surface area contributed by atoms with Crippen LogP contribution in [0.4, 0.5) is 10.6 Å². The van der Waals surface area contributed by atoms with Crippen LogP contribution in [0.25, 0.3) is 0 Å². The average Bonchev–Trinajstić information content (AvgIpc) is 3.25. The van der Waals surface area contributed by atoms with Gasteiger partial charge in [0.05, 0.1) is 19.3 Å². The van der Waals surface area contributed by atoms with Crippen molar-refractivity contribution in [3.8, 4) is 0 Å². The molecule has 3 heterocycles. The van der Waals surface area contributed by atoms with Gasteiger partial charge in [-0.3, -0.25) is 14.6 Å². The van der Waals surface area contributed by atoms with E-state index in [2.05, 4.69) is 15.3 Å². The van der Waals surface area contributed by atoms with Crippen molar-refractivity contribution in [3.63, 3.8) is 0 Å². The molecule has 1 spiro atoms. The summed E-state index contributed by atoms with van der Waals surface area (Å²) in [7, 11) is 0. The van der Waals surface area contributed by atoms with E-state index in [1.165, 1.54) is 0 Å². The van der Waals surface area contributed by atoms with Gasteiger partial charge in [-0.1, -0.05) is 30.3 Å². The molecule has 2 saturated heterocycles. The van der Waals surface area contributed by atoms with Crippen molar-refractivity contribution in [1.29, 1.82) is 0 Å². The summed E-state index contributed by atoms with van der Waals surface area (Å²) in [6, 6.07) is 12.0. The van der Waals surface area contributed by atoms with Crippen LogP contribution in [0.1, 0.15) is 44.7 Å². The molecule has 2 aromatic rings. The van der Waals surface area contributed by atoms with Gasteiger partial charge in [0.2, 0.25) is 5.91 Å². The minimum absolute atomic E-state index is 0.0486. The first kappa shape index (κ1) is 21.4. The van der Waals surface area contributed by atoms with Crippen molar-refractivity contribution < 1.29 is 14.3 Å². The third kappa shape index (κ3) is 5.07. The number of rotatable bonds is 6. The average molecular weight is 426 g/mol. The molecule has 2 amide bonds. The standard InChI is InChI=1S/C23H31N5O3/c1-18(2)28-20(9-12-24-28)25-21(29)16-26-13-6-10-23(11-14-26)17-27(22(30)31-23)15-19-7-4-3-5-8-19/h3-5,7-9,12,18H,6,10-11,13-17H2,1-2H3,(H,25,29)/t23-/m1/s1. The van der Waals surface area contributed by atoms with Crippen LogP contribution in [0.15, 0.2) is 42.6 Å². The number of benzene rings is 1. The molecular weight excluding hydrogens is 394 g/mol. The Labute approximate surface area is 183 Å². The Morgan fingerprint density at radius 1 is 1.19 bits per heavy atom. The van der Waals surface area contributed by atoms with E-state index in [4.69, 9.17) is 4.74 Å². The molecule has 0 saturated carbocycles. The molecule has 0 unspecified atom stereocenters. The predicted octanol–water partition coefficient (Wildman–Crippen LogP) is 3.28. The number of likely N-dealkylation sites (tertiary alicyclic amines) is 1. The molecular formula is C23H31N5O3. The molecule has 2 aliphatic heterocycles. The Kier molecular flexibility index (Phi) is 6.27. The van der Waals surface area contributed by atoms with E-state index in [9.17, 15) is 9.59 Å². The second-order valence-electron chi connectivity index (χ2n) is 8.83. The lowest BCUT2D eigenvalue weighted by molar-refractivity contribution is -0.117. The highest BCUT2D eigenvalue weighted by Crippen LogP contribution is 2.34. The number of amides is 2. The molecule has 4 rings (SSSR count). The van der Waals surface area contributed by atoms with Gasteiger partial charge in [0, 0.05) is 31.6 Å². The largest absolute Gasteiger partial charge is 0.441 e. The second-order valence-corrected chi connectivity index (χ2v) is 8.83. The van der Waals surface area contributed by atoms with Gasteiger partial charge in [-0.25, -0.2) is 9.48 Å². The van der Waals surface area contributed by atoms with Gasteiger partial charge in [0.15, 0.2) is 0 Å². The molecule has 1 atom stereocenters. The molecule has 1 aromatic heterocycles. The van der Waals surface area contributed by atoms with Gasteiger partial charge in [0.25, 0.3) is 0 Å². The zero-order valence-electron chi connectivity index (χ0n) is 18.3. The molecule has 1 aromatic carbocycles. The SMILES string of the molecule is CC(C)n1nccc1NC(=O)CN1CCC[C@@]2(CC1)CN(Cc1ccccc1)C(=O)O2. The summed E-state index contributed by atoms with van der Waals surface area (Å²) in [5.41, 5.74) is 0.650. The van der Waals surface area contributed by atoms with Crippen LogP contribution in [-0.4, -0.2) is 63.4 Å².